The number of nitrogens with one attached hydrogen (secondary N) is 1. The Bertz CT molecular complexity index is 752. The third kappa shape index (κ3) is 7.10. The molecule has 0 bridgehead atoms. The number of alkyl carbamates (subject to hydrolysis) is 1. The highest BCUT2D eigenvalue weighted by Gasteiger charge is 2.25. The van der Waals surface area contributed by atoms with Gasteiger partial charge in [-0.2, -0.15) is 0 Å². The van der Waals surface area contributed by atoms with Gasteiger partial charge in [-0.3, -0.25) is 0 Å². The van der Waals surface area contributed by atoms with Crippen molar-refractivity contribution in [3.63, 3.8) is 0 Å². The number of carboxylic acid groups (broad SMARTS) is 1. The fourth-order valence-electron chi connectivity index (χ4n) is 2.33. The molecule has 146 valence electrons. The molecule has 0 saturated heterocycles. The van der Waals surface area contributed by atoms with E-state index in [0.29, 0.717) is 12.3 Å². The first-order chi connectivity index (χ1) is 12.7. The standard InChI is InChI=1S/C19H25N3O5/c1-19(2,3)27-18(25)21-16(17(23)24)9-15-10-20-12-22(15)13-26-11-14-7-5-4-6-8-14/h4-8,10,12,16H,9,11,13H2,1-3H3,(H,21,25)(H,23,24). The van der Waals surface area contributed by atoms with Crippen LogP contribution in [0, 0.1) is 0 Å². The van der Waals surface area contributed by atoms with Crippen molar-refractivity contribution < 1.29 is 24.2 Å². The van der Waals surface area contributed by atoms with E-state index in [0.717, 1.165) is 5.56 Å². The van der Waals surface area contributed by atoms with Gasteiger partial charge in [0.1, 0.15) is 18.4 Å². The smallest absolute Gasteiger partial charge is 0.408 e. The van der Waals surface area contributed by atoms with Crippen LogP contribution in [0.15, 0.2) is 42.9 Å². The normalized spacial score (nSPS) is 12.4. The predicted octanol–water partition coefficient (Wildman–Crippen LogP) is 2.58. The largest absolute Gasteiger partial charge is 0.480 e. The molecule has 1 aromatic carbocycles. The molecule has 1 aromatic heterocycles. The van der Waals surface area contributed by atoms with Crippen LogP contribution < -0.4 is 5.32 Å². The van der Waals surface area contributed by atoms with Gasteiger partial charge in [0.2, 0.25) is 0 Å². The highest BCUT2D eigenvalue weighted by atomic mass is 16.6. The molecule has 1 atom stereocenters. The first-order valence-corrected chi connectivity index (χ1v) is 8.57. The lowest BCUT2D eigenvalue weighted by atomic mass is 10.1. The molecule has 1 amide bonds. The fraction of sp³-hybridized carbons (Fsp3) is 0.421. The van der Waals surface area contributed by atoms with Crippen LogP contribution >= 0.6 is 0 Å². The number of hydrogen-bond acceptors (Lipinski definition) is 5. The van der Waals surface area contributed by atoms with Gasteiger partial charge in [0.25, 0.3) is 0 Å². The van der Waals surface area contributed by atoms with E-state index in [9.17, 15) is 14.7 Å². The van der Waals surface area contributed by atoms with Crippen molar-refractivity contribution in [2.24, 2.45) is 0 Å². The molecule has 8 nitrogen and oxygen atoms in total. The second-order valence-corrected chi connectivity index (χ2v) is 7.06. The van der Waals surface area contributed by atoms with Gasteiger partial charge in [-0.15, -0.1) is 0 Å². The van der Waals surface area contributed by atoms with Crippen molar-refractivity contribution >= 4 is 12.1 Å². The molecule has 0 spiro atoms. The Morgan fingerprint density at radius 2 is 1.96 bits per heavy atom. The molecule has 1 unspecified atom stereocenters. The van der Waals surface area contributed by atoms with E-state index in [-0.39, 0.29) is 13.2 Å². The monoisotopic (exact) mass is 375 g/mol. The van der Waals surface area contributed by atoms with E-state index < -0.39 is 23.7 Å². The molecule has 0 fully saturated rings. The number of hydrogen-bond donors (Lipinski definition) is 2. The second kappa shape index (κ2) is 9.18. The molecule has 0 aliphatic rings. The van der Waals surface area contributed by atoms with Crippen molar-refractivity contribution in [1.82, 2.24) is 14.9 Å². The Morgan fingerprint density at radius 1 is 1.26 bits per heavy atom. The summed E-state index contributed by atoms with van der Waals surface area (Å²) in [5.41, 5.74) is 0.959. The molecule has 0 radical (unpaired) electrons. The molecule has 27 heavy (non-hydrogen) atoms. The summed E-state index contributed by atoms with van der Waals surface area (Å²) >= 11 is 0. The minimum absolute atomic E-state index is 0.0588. The van der Waals surface area contributed by atoms with Crippen LogP contribution in [0.25, 0.3) is 0 Å². The summed E-state index contributed by atoms with van der Waals surface area (Å²) < 4.78 is 12.5. The first kappa shape index (κ1) is 20.4. The summed E-state index contributed by atoms with van der Waals surface area (Å²) in [6.45, 7) is 5.78. The zero-order valence-electron chi connectivity index (χ0n) is 15.7. The molecule has 0 aliphatic heterocycles. The molecule has 0 saturated carbocycles. The van der Waals surface area contributed by atoms with Crippen LogP contribution in [0.5, 0.6) is 0 Å². The van der Waals surface area contributed by atoms with Crippen LogP contribution in [0.3, 0.4) is 0 Å². The van der Waals surface area contributed by atoms with Crippen LogP contribution in [-0.4, -0.2) is 38.4 Å². The summed E-state index contributed by atoms with van der Waals surface area (Å²) in [6, 6.07) is 8.58. The van der Waals surface area contributed by atoms with E-state index in [1.807, 2.05) is 30.3 Å². The average Bonchev–Trinajstić information content (AvgIpc) is 3.00. The highest BCUT2D eigenvalue weighted by molar-refractivity contribution is 5.80. The Morgan fingerprint density at radius 3 is 2.59 bits per heavy atom. The Hall–Kier alpha value is -2.87. The second-order valence-electron chi connectivity index (χ2n) is 7.06. The number of carbonyl (C=O) groups excluding carboxylic acids is 1. The predicted molar refractivity (Wildman–Crippen MR) is 98.0 cm³/mol. The van der Waals surface area contributed by atoms with Crippen LogP contribution in [-0.2, 0) is 34.0 Å². The number of aromatic nitrogens is 2. The van der Waals surface area contributed by atoms with Crippen molar-refractivity contribution in [1.29, 1.82) is 0 Å². The number of carboxylic acids is 1. The topological polar surface area (TPSA) is 103 Å². The molecule has 1 heterocycles. The minimum atomic E-state index is -1.15. The van der Waals surface area contributed by atoms with E-state index in [1.54, 1.807) is 37.9 Å². The SMILES string of the molecule is CC(C)(C)OC(=O)NC(Cc1cncn1COCc1ccccc1)C(=O)O. The summed E-state index contributed by atoms with van der Waals surface area (Å²) in [5.74, 6) is -1.15. The number of amides is 1. The molecular formula is C19H25N3O5. The Labute approximate surface area is 158 Å². The van der Waals surface area contributed by atoms with Crippen LogP contribution in [0.2, 0.25) is 0 Å². The van der Waals surface area contributed by atoms with Gasteiger partial charge < -0.3 is 24.5 Å². The molecule has 2 rings (SSSR count). The van der Waals surface area contributed by atoms with Gasteiger partial charge in [-0.1, -0.05) is 30.3 Å². The van der Waals surface area contributed by atoms with Crippen molar-refractivity contribution in [3.05, 3.63) is 54.1 Å². The number of carbonyl (C=O) groups is 2. The van der Waals surface area contributed by atoms with E-state index in [2.05, 4.69) is 10.3 Å². The number of benzene rings is 1. The zero-order valence-corrected chi connectivity index (χ0v) is 15.7. The highest BCUT2D eigenvalue weighted by Crippen LogP contribution is 2.09. The first-order valence-electron chi connectivity index (χ1n) is 8.57. The molecule has 8 heteroatoms. The lowest BCUT2D eigenvalue weighted by Crippen LogP contribution is -2.45. The maximum absolute atomic E-state index is 11.9. The summed E-state index contributed by atoms with van der Waals surface area (Å²) in [6.07, 6.45) is 2.40. The van der Waals surface area contributed by atoms with Crippen LogP contribution in [0.1, 0.15) is 32.0 Å². The number of aliphatic carboxylic acids is 1. The molecule has 2 aromatic rings. The average molecular weight is 375 g/mol. The van der Waals surface area contributed by atoms with Crippen molar-refractivity contribution in [2.75, 3.05) is 0 Å². The minimum Gasteiger partial charge on any atom is -0.480 e. The maximum atomic E-state index is 11.9. The lowest BCUT2D eigenvalue weighted by molar-refractivity contribution is -0.139. The summed E-state index contributed by atoms with van der Waals surface area (Å²) in [7, 11) is 0. The fourth-order valence-corrected chi connectivity index (χ4v) is 2.33. The summed E-state index contributed by atoms with van der Waals surface area (Å²) in [4.78, 5) is 27.4. The van der Waals surface area contributed by atoms with Gasteiger partial charge in [-0.25, -0.2) is 14.6 Å². The maximum Gasteiger partial charge on any atom is 0.408 e. The van der Waals surface area contributed by atoms with Gasteiger partial charge in [0, 0.05) is 18.3 Å². The molecular weight excluding hydrogens is 350 g/mol. The Balaban J connectivity index is 1.93. The molecule has 2 N–H and O–H groups in total. The van der Waals surface area contributed by atoms with Crippen LogP contribution in [0.4, 0.5) is 4.79 Å². The number of ether oxygens (including phenoxy) is 2. The zero-order chi connectivity index (χ0) is 19.9. The van der Waals surface area contributed by atoms with Gasteiger partial charge in [0.15, 0.2) is 0 Å². The number of rotatable bonds is 8. The molecule has 0 aliphatic carbocycles. The van der Waals surface area contributed by atoms with Gasteiger partial charge >= 0.3 is 12.1 Å². The van der Waals surface area contributed by atoms with Crippen molar-refractivity contribution in [3.8, 4) is 0 Å². The van der Waals surface area contributed by atoms with Gasteiger partial charge in [-0.05, 0) is 26.3 Å². The Kier molecular flexibility index (Phi) is 6.95. The van der Waals surface area contributed by atoms with E-state index in [1.165, 1.54) is 0 Å². The summed E-state index contributed by atoms with van der Waals surface area (Å²) in [5, 5.41) is 11.8. The number of imidazole rings is 1. The third-order valence-corrected chi connectivity index (χ3v) is 3.54. The van der Waals surface area contributed by atoms with E-state index in [4.69, 9.17) is 9.47 Å². The lowest BCUT2D eigenvalue weighted by Gasteiger charge is -2.22. The third-order valence-electron chi connectivity index (χ3n) is 3.54. The van der Waals surface area contributed by atoms with E-state index >= 15 is 0 Å². The van der Waals surface area contributed by atoms with Gasteiger partial charge in [0.05, 0.1) is 12.9 Å². The van der Waals surface area contributed by atoms with Crippen molar-refractivity contribution in [2.45, 2.75) is 52.2 Å². The number of nitrogens with zero attached hydrogens (tertiary/aromatic N) is 2. The quantitative estimate of drug-likeness (QED) is 0.735.